The highest BCUT2D eigenvalue weighted by Gasteiger charge is 2.19. The molecule has 1 N–H and O–H groups in total. The Morgan fingerprint density at radius 1 is 1.35 bits per heavy atom. The van der Waals surface area contributed by atoms with Crippen LogP contribution in [0.5, 0.6) is 0 Å². The molecule has 1 aromatic heterocycles. The molecule has 0 bridgehead atoms. The van der Waals surface area contributed by atoms with Crippen LogP contribution in [0.4, 0.5) is 0 Å². The topological polar surface area (TPSA) is 79.5 Å². The first-order valence-corrected chi connectivity index (χ1v) is 7.39. The maximum atomic E-state index is 11.0. The molecule has 0 aliphatic heterocycles. The lowest BCUT2D eigenvalue weighted by Crippen LogP contribution is -2.36. The number of carboxylic acid groups (broad SMARTS) is 1. The Bertz CT molecular complexity index is 604. The van der Waals surface area contributed by atoms with Gasteiger partial charge in [-0.1, -0.05) is 42.4 Å². The highest BCUT2D eigenvalue weighted by atomic mass is 35.5. The van der Waals surface area contributed by atoms with E-state index in [0.29, 0.717) is 24.7 Å². The zero-order chi connectivity index (χ0) is 15.9. The Hall–Kier alpha value is -1.92. The van der Waals surface area contributed by atoms with Crippen molar-refractivity contribution in [2.75, 3.05) is 6.54 Å². The molecule has 1 aromatic carbocycles. The molecule has 6 nitrogen and oxygen atoms in total. The number of hydrogen-bond acceptors (Lipinski definition) is 5. The van der Waals surface area contributed by atoms with Gasteiger partial charge in [0, 0.05) is 12.5 Å². The van der Waals surface area contributed by atoms with Crippen molar-refractivity contribution in [1.82, 2.24) is 15.0 Å². The number of rotatable bonds is 8. The summed E-state index contributed by atoms with van der Waals surface area (Å²) in [5, 5.41) is 13.0. The van der Waals surface area contributed by atoms with Gasteiger partial charge in [-0.05, 0) is 18.9 Å². The van der Waals surface area contributed by atoms with Gasteiger partial charge in [0.25, 0.3) is 0 Å². The smallest absolute Gasteiger partial charge is 0.317 e. The van der Waals surface area contributed by atoms with Gasteiger partial charge in [-0.15, -0.1) is 12.4 Å². The van der Waals surface area contributed by atoms with Crippen molar-refractivity contribution in [2.24, 2.45) is 0 Å². The normalized spacial score (nSPS) is 12.0. The summed E-state index contributed by atoms with van der Waals surface area (Å²) in [6, 6.07) is 10.0. The number of hydrogen-bond donors (Lipinski definition) is 1. The van der Waals surface area contributed by atoms with Crippen LogP contribution in [0.15, 0.2) is 34.9 Å². The van der Waals surface area contributed by atoms with Crippen LogP contribution in [0.1, 0.15) is 37.5 Å². The van der Waals surface area contributed by atoms with E-state index < -0.39 is 5.97 Å². The maximum absolute atomic E-state index is 11.0. The van der Waals surface area contributed by atoms with Gasteiger partial charge in [-0.3, -0.25) is 9.69 Å². The third kappa shape index (κ3) is 6.00. The van der Waals surface area contributed by atoms with Crippen LogP contribution in [-0.2, 0) is 17.8 Å². The Balaban J connectivity index is 0.00000264. The standard InChI is InChI=1S/C16H21N3O3.ClH/c1-3-12(2)19(11-16(20)21)10-15-17-14(18-22-15)9-13-7-5-4-6-8-13;/h4-8,12H,3,9-11H2,1-2H3,(H,20,21);1H. The molecule has 0 aliphatic carbocycles. The summed E-state index contributed by atoms with van der Waals surface area (Å²) in [6.45, 7) is 4.33. The van der Waals surface area contributed by atoms with Crippen LogP contribution in [0.25, 0.3) is 0 Å². The minimum absolute atomic E-state index is 0. The first kappa shape index (κ1) is 19.1. The SMILES string of the molecule is CCC(C)N(CC(=O)O)Cc1nc(Cc2ccccc2)no1.Cl. The predicted molar refractivity (Wildman–Crippen MR) is 88.6 cm³/mol. The molecule has 2 rings (SSSR count). The average molecular weight is 340 g/mol. The summed E-state index contributed by atoms with van der Waals surface area (Å²) >= 11 is 0. The molecule has 0 saturated heterocycles. The summed E-state index contributed by atoms with van der Waals surface area (Å²) < 4.78 is 5.25. The molecule has 0 saturated carbocycles. The second-order valence-corrected chi connectivity index (χ2v) is 5.32. The van der Waals surface area contributed by atoms with Gasteiger partial charge in [-0.25, -0.2) is 0 Å². The molecule has 0 amide bonds. The molecule has 1 heterocycles. The van der Waals surface area contributed by atoms with E-state index in [1.165, 1.54) is 0 Å². The van der Waals surface area contributed by atoms with Gasteiger partial charge in [0.05, 0.1) is 13.1 Å². The van der Waals surface area contributed by atoms with Crippen molar-refractivity contribution in [3.63, 3.8) is 0 Å². The van der Waals surface area contributed by atoms with Crippen LogP contribution >= 0.6 is 12.4 Å². The number of halogens is 1. The maximum Gasteiger partial charge on any atom is 0.317 e. The summed E-state index contributed by atoms with van der Waals surface area (Å²) in [5.41, 5.74) is 1.11. The van der Waals surface area contributed by atoms with Crippen LogP contribution in [0.2, 0.25) is 0 Å². The van der Waals surface area contributed by atoms with Crippen molar-refractivity contribution >= 4 is 18.4 Å². The van der Waals surface area contributed by atoms with E-state index >= 15 is 0 Å². The minimum Gasteiger partial charge on any atom is -0.480 e. The van der Waals surface area contributed by atoms with E-state index in [1.807, 2.05) is 49.1 Å². The first-order chi connectivity index (χ1) is 10.6. The summed E-state index contributed by atoms with van der Waals surface area (Å²) in [7, 11) is 0. The molecular formula is C16H22ClN3O3. The van der Waals surface area contributed by atoms with Crippen LogP contribution in [0, 0.1) is 0 Å². The third-order valence-corrected chi connectivity index (χ3v) is 3.61. The third-order valence-electron chi connectivity index (χ3n) is 3.61. The van der Waals surface area contributed by atoms with Gasteiger partial charge in [0.15, 0.2) is 5.82 Å². The second-order valence-electron chi connectivity index (χ2n) is 5.32. The van der Waals surface area contributed by atoms with Gasteiger partial charge in [-0.2, -0.15) is 4.98 Å². The first-order valence-electron chi connectivity index (χ1n) is 7.39. The summed E-state index contributed by atoms with van der Waals surface area (Å²) in [5.74, 6) is 0.206. The minimum atomic E-state index is -0.857. The van der Waals surface area contributed by atoms with Crippen molar-refractivity contribution in [3.05, 3.63) is 47.6 Å². The molecule has 0 fully saturated rings. The quantitative estimate of drug-likeness (QED) is 0.796. The van der Waals surface area contributed by atoms with Crippen LogP contribution < -0.4 is 0 Å². The Kier molecular flexibility index (Phi) is 7.71. The van der Waals surface area contributed by atoms with E-state index in [0.717, 1.165) is 12.0 Å². The lowest BCUT2D eigenvalue weighted by molar-refractivity contribution is -0.139. The fraction of sp³-hybridized carbons (Fsp3) is 0.438. The summed E-state index contributed by atoms with van der Waals surface area (Å²) in [4.78, 5) is 17.1. The molecule has 7 heteroatoms. The number of aromatic nitrogens is 2. The lowest BCUT2D eigenvalue weighted by Gasteiger charge is -2.24. The van der Waals surface area contributed by atoms with Crippen molar-refractivity contribution < 1.29 is 14.4 Å². The molecule has 1 unspecified atom stereocenters. The number of nitrogens with zero attached hydrogens (tertiary/aromatic N) is 3. The molecule has 126 valence electrons. The molecule has 2 aromatic rings. The number of aliphatic carboxylic acids is 1. The number of carboxylic acids is 1. The van der Waals surface area contributed by atoms with Crippen LogP contribution in [0.3, 0.4) is 0 Å². The molecule has 1 atom stereocenters. The van der Waals surface area contributed by atoms with Gasteiger partial charge < -0.3 is 9.63 Å². The largest absolute Gasteiger partial charge is 0.480 e. The Morgan fingerprint density at radius 2 is 2.04 bits per heavy atom. The van der Waals surface area contributed by atoms with E-state index in [1.54, 1.807) is 0 Å². The summed E-state index contributed by atoms with van der Waals surface area (Å²) in [6.07, 6.45) is 1.46. The predicted octanol–water partition coefficient (Wildman–Crippen LogP) is 2.77. The van der Waals surface area contributed by atoms with Gasteiger partial charge in [0.2, 0.25) is 5.89 Å². The Morgan fingerprint density at radius 3 is 2.65 bits per heavy atom. The van der Waals surface area contributed by atoms with E-state index in [-0.39, 0.29) is 25.0 Å². The lowest BCUT2D eigenvalue weighted by atomic mass is 10.1. The fourth-order valence-electron chi connectivity index (χ4n) is 2.18. The highest BCUT2D eigenvalue weighted by molar-refractivity contribution is 5.85. The molecule has 0 radical (unpaired) electrons. The van der Waals surface area contributed by atoms with Crippen molar-refractivity contribution in [2.45, 2.75) is 39.3 Å². The van der Waals surface area contributed by atoms with Gasteiger partial charge >= 0.3 is 5.97 Å². The second kappa shape index (κ2) is 9.27. The zero-order valence-corrected chi connectivity index (χ0v) is 14.1. The molecule has 23 heavy (non-hydrogen) atoms. The van der Waals surface area contributed by atoms with Crippen molar-refractivity contribution in [1.29, 1.82) is 0 Å². The highest BCUT2D eigenvalue weighted by Crippen LogP contribution is 2.11. The zero-order valence-electron chi connectivity index (χ0n) is 13.3. The van der Waals surface area contributed by atoms with E-state index in [2.05, 4.69) is 10.1 Å². The van der Waals surface area contributed by atoms with E-state index in [4.69, 9.17) is 9.63 Å². The number of benzene rings is 1. The van der Waals surface area contributed by atoms with Crippen molar-refractivity contribution in [3.8, 4) is 0 Å². The average Bonchev–Trinajstić information content (AvgIpc) is 2.93. The Labute approximate surface area is 141 Å². The monoisotopic (exact) mass is 339 g/mol. The fourth-order valence-corrected chi connectivity index (χ4v) is 2.18. The van der Waals surface area contributed by atoms with Crippen LogP contribution in [-0.4, -0.2) is 38.7 Å². The number of carbonyl (C=O) groups is 1. The molecule has 0 spiro atoms. The van der Waals surface area contributed by atoms with Gasteiger partial charge in [0.1, 0.15) is 0 Å². The van der Waals surface area contributed by atoms with E-state index in [9.17, 15) is 4.79 Å². The molecule has 0 aliphatic rings. The molecular weight excluding hydrogens is 318 g/mol.